The van der Waals surface area contributed by atoms with Gasteiger partial charge in [0.1, 0.15) is 11.6 Å². The molecule has 0 saturated carbocycles. The van der Waals surface area contributed by atoms with Crippen LogP contribution in [0.4, 0.5) is 42.9 Å². The van der Waals surface area contributed by atoms with E-state index < -0.39 is 60.0 Å². The van der Waals surface area contributed by atoms with Crippen molar-refractivity contribution in [3.63, 3.8) is 0 Å². The van der Waals surface area contributed by atoms with Gasteiger partial charge in [0.05, 0.1) is 22.3 Å². The van der Waals surface area contributed by atoms with Crippen molar-refractivity contribution in [3.05, 3.63) is 179 Å². The van der Waals surface area contributed by atoms with Crippen LogP contribution in [0.1, 0.15) is 60.9 Å². The first-order chi connectivity index (χ1) is 29.4. The number of benzene rings is 8. The Morgan fingerprint density at radius 2 is 0.852 bits per heavy atom. The number of hydrogen-bond donors (Lipinski definition) is 0. The summed E-state index contributed by atoms with van der Waals surface area (Å²) in [5.41, 5.74) is 5.29. The summed E-state index contributed by atoms with van der Waals surface area (Å²) < 4.78 is 101. The summed E-state index contributed by atoms with van der Waals surface area (Å²) in [7, 11) is 0. The Morgan fingerprint density at radius 3 is 1.26 bits per heavy atom. The molecule has 0 bridgehead atoms. The van der Waals surface area contributed by atoms with Gasteiger partial charge < -0.3 is 9.80 Å². The van der Waals surface area contributed by atoms with Crippen LogP contribution in [0.3, 0.4) is 0 Å². The second-order valence-corrected chi connectivity index (χ2v) is 15.2. The number of nitrogens with zero attached hydrogens (tertiary/aromatic N) is 2. The number of allylic oxidation sites excluding steroid dienone is 2. The van der Waals surface area contributed by atoms with Crippen molar-refractivity contribution in [1.82, 2.24) is 0 Å². The van der Waals surface area contributed by atoms with Crippen molar-refractivity contribution < 1.29 is 19.7 Å². The first-order valence-corrected chi connectivity index (χ1v) is 17.9. The summed E-state index contributed by atoms with van der Waals surface area (Å²) >= 11 is 0. The van der Waals surface area contributed by atoms with E-state index in [1.54, 1.807) is 9.80 Å². The summed E-state index contributed by atoms with van der Waals surface area (Å²) in [6, 6.07) is 21.7. The first kappa shape index (κ1) is 24.9. The highest BCUT2D eigenvalue weighted by Crippen LogP contribution is 2.49. The maximum Gasteiger partial charge on any atom is 0.123 e. The van der Waals surface area contributed by atoms with Gasteiger partial charge in [-0.25, -0.2) is 8.78 Å². The summed E-state index contributed by atoms with van der Waals surface area (Å²) in [6.45, 7) is 8.35. The molecule has 2 aliphatic carbocycles. The smallest absolute Gasteiger partial charge is 0.123 e. The van der Waals surface area contributed by atoms with E-state index in [1.165, 1.54) is 0 Å². The third kappa shape index (κ3) is 4.97. The fraction of sp³-hybridized carbons (Fsp3) is 0.120. The largest absolute Gasteiger partial charge is 0.310 e. The van der Waals surface area contributed by atoms with Gasteiger partial charge in [0.2, 0.25) is 0 Å². The molecule has 0 unspecified atom stereocenters. The topological polar surface area (TPSA) is 6.48 Å². The number of halogens is 2. The Kier molecular flexibility index (Phi) is 5.35. The van der Waals surface area contributed by atoms with Crippen molar-refractivity contribution in [1.29, 1.82) is 0 Å². The van der Waals surface area contributed by atoms with Gasteiger partial charge in [0, 0.05) is 44.4 Å². The molecule has 0 N–H and O–H groups in total. The molecule has 262 valence electrons. The van der Waals surface area contributed by atoms with E-state index in [0.717, 1.165) is 43.8 Å². The molecule has 8 aromatic carbocycles. The summed E-state index contributed by atoms with van der Waals surface area (Å²) in [5.74, 6) is -2.47. The maximum atomic E-state index is 15.2. The average molecular weight is 713 g/mol. The fourth-order valence-electron chi connectivity index (χ4n) is 8.29. The molecule has 0 saturated heterocycles. The zero-order valence-electron chi connectivity index (χ0n) is 38.0. The minimum atomic E-state index is -1.23. The van der Waals surface area contributed by atoms with Crippen molar-refractivity contribution >= 4 is 78.6 Å². The molecule has 8 aromatic rings. The molecule has 4 heteroatoms. The normalized spacial score (nSPS) is 17.1. The van der Waals surface area contributed by atoms with E-state index in [0.29, 0.717) is 33.5 Å². The van der Waals surface area contributed by atoms with Crippen LogP contribution in [0.2, 0.25) is 0 Å². The van der Waals surface area contributed by atoms with Gasteiger partial charge in [0.15, 0.2) is 0 Å². The Hall–Kier alpha value is -6.26. The van der Waals surface area contributed by atoms with Crippen LogP contribution in [-0.2, 0) is 10.8 Å². The van der Waals surface area contributed by atoms with E-state index in [9.17, 15) is 0 Å². The van der Waals surface area contributed by atoms with Gasteiger partial charge in [-0.05, 0) is 129 Å². The second kappa shape index (κ2) is 11.6. The minimum absolute atomic E-state index is 0.110. The van der Waals surface area contributed by atoms with Crippen molar-refractivity contribution in [3.8, 4) is 0 Å². The predicted molar refractivity (Wildman–Crippen MR) is 224 cm³/mol. The molecular weight excluding hydrogens is 667 g/mol. The molecule has 2 nitrogen and oxygen atoms in total. The molecule has 0 radical (unpaired) electrons. The molecule has 54 heavy (non-hydrogen) atoms. The van der Waals surface area contributed by atoms with Crippen LogP contribution in [0.5, 0.6) is 0 Å². The third-order valence-corrected chi connectivity index (χ3v) is 11.0. The molecular formula is C50H38F2N2. The molecule has 0 heterocycles. The third-order valence-electron chi connectivity index (χ3n) is 11.0. The zero-order valence-corrected chi connectivity index (χ0v) is 30.0. The van der Waals surface area contributed by atoms with Crippen LogP contribution >= 0.6 is 0 Å². The van der Waals surface area contributed by atoms with Crippen LogP contribution in [0.25, 0.3) is 44.5 Å². The van der Waals surface area contributed by atoms with Gasteiger partial charge in [-0.2, -0.15) is 0 Å². The van der Waals surface area contributed by atoms with Crippen LogP contribution in [0, 0.1) is 11.6 Å². The lowest BCUT2D eigenvalue weighted by Gasteiger charge is -2.30. The highest BCUT2D eigenvalue weighted by atomic mass is 19.1. The van der Waals surface area contributed by atoms with E-state index in [4.69, 9.17) is 11.0 Å². The molecule has 0 spiro atoms. The summed E-state index contributed by atoms with van der Waals surface area (Å²) in [5, 5.41) is 4.67. The van der Waals surface area contributed by atoms with Gasteiger partial charge in [-0.3, -0.25) is 0 Å². The minimum Gasteiger partial charge on any atom is -0.310 e. The number of hydrogen-bond acceptors (Lipinski definition) is 2. The van der Waals surface area contributed by atoms with Crippen LogP contribution in [-0.4, -0.2) is 0 Å². The number of fused-ring (bicyclic) bond motifs is 2. The van der Waals surface area contributed by atoms with E-state index in [-0.39, 0.29) is 22.2 Å². The second-order valence-electron chi connectivity index (χ2n) is 15.2. The van der Waals surface area contributed by atoms with Gasteiger partial charge in [-0.1, -0.05) is 101 Å². The van der Waals surface area contributed by atoms with Crippen molar-refractivity contribution in [2.24, 2.45) is 0 Å². The highest BCUT2D eigenvalue weighted by Gasteiger charge is 2.29. The number of rotatable bonds is 6. The lowest BCUT2D eigenvalue weighted by Crippen LogP contribution is -2.15. The van der Waals surface area contributed by atoms with E-state index in [2.05, 4.69) is 39.8 Å². The quantitative estimate of drug-likeness (QED) is 0.158. The lowest BCUT2D eigenvalue weighted by atomic mass is 9.86. The Labute approximate surface area is 325 Å². The fourth-order valence-corrected chi connectivity index (χ4v) is 8.29. The van der Waals surface area contributed by atoms with Gasteiger partial charge >= 0.3 is 0 Å². The standard InChI is InChI=1S/C50H38F2N2/c1-49(2)27-25-31-5-15-39(29-43(31)49)53(37-17-11-35(51)12-18-37)45-23-9-33-8-22-42-46(24-10-34-7-21-41(45)47(33)48(34)42)54(38-19-13-36(52)14-20-38)40-16-6-32-26-28-50(3,4)44(32)30-40/h5-30H,1-4H3/i11D,12D,13D,14D,17D,18D,19D,20D. The predicted octanol–water partition coefficient (Wildman–Crippen LogP) is 14.4. The highest BCUT2D eigenvalue weighted by molar-refractivity contribution is 6.28. The van der Waals surface area contributed by atoms with Gasteiger partial charge in [0.25, 0.3) is 0 Å². The number of anilines is 6. The Morgan fingerprint density at radius 1 is 0.463 bits per heavy atom. The van der Waals surface area contributed by atoms with E-state index >= 15 is 8.78 Å². The van der Waals surface area contributed by atoms with Crippen molar-refractivity contribution in [2.75, 3.05) is 9.80 Å². The molecule has 2 aliphatic rings. The molecule has 0 aliphatic heterocycles. The Balaban J connectivity index is 1.28. The lowest BCUT2D eigenvalue weighted by molar-refractivity contribution is 0.627. The van der Waals surface area contributed by atoms with Crippen LogP contribution < -0.4 is 9.80 Å². The zero-order chi connectivity index (χ0) is 43.9. The Bertz CT molecular complexity index is 3060. The SMILES string of the molecule is [2H]c1c([2H])c(N(c2ccc3c(c2)C(C)(C)C=C3)c2ccc3ccc4c(N(c5ccc6c(c5)C(C)(C)C=C6)c5c([2H])c([2H])c(F)c([2H])c5[2H])ccc5ccc2c3c54)c([2H])c([2H])c1F. The summed E-state index contributed by atoms with van der Waals surface area (Å²) in [6.07, 6.45) is 8.30. The molecule has 0 fully saturated rings. The molecule has 10 rings (SSSR count). The first-order valence-electron chi connectivity index (χ1n) is 21.9. The van der Waals surface area contributed by atoms with Crippen molar-refractivity contribution in [2.45, 2.75) is 38.5 Å². The molecule has 0 aromatic heterocycles. The average Bonchev–Trinajstić information content (AvgIpc) is 3.75. The maximum absolute atomic E-state index is 15.2. The van der Waals surface area contributed by atoms with Gasteiger partial charge in [-0.15, -0.1) is 0 Å². The summed E-state index contributed by atoms with van der Waals surface area (Å²) in [4.78, 5) is 3.36. The van der Waals surface area contributed by atoms with Crippen LogP contribution in [0.15, 0.2) is 145 Å². The molecule has 0 amide bonds. The molecule has 0 atom stereocenters. The monoisotopic (exact) mass is 712 g/mol. The van der Waals surface area contributed by atoms with E-state index in [1.807, 2.05) is 97.1 Å².